The topological polar surface area (TPSA) is 9.23 Å². The van der Waals surface area contributed by atoms with Gasteiger partial charge in [-0.2, -0.15) is 0 Å². The fourth-order valence-electron chi connectivity index (χ4n) is 3.04. The zero-order chi connectivity index (χ0) is 9.10. The molecule has 0 amide bonds. The van der Waals surface area contributed by atoms with Gasteiger partial charge in [0.1, 0.15) is 0 Å². The third kappa shape index (κ3) is 2.07. The molecule has 0 saturated heterocycles. The average Bonchev–Trinajstić information content (AvgIpc) is 2.38. The van der Waals surface area contributed by atoms with Crippen LogP contribution in [0.3, 0.4) is 0 Å². The predicted octanol–water partition coefficient (Wildman–Crippen LogP) is 3.38. The summed E-state index contributed by atoms with van der Waals surface area (Å²) in [5, 5.41) is 0. The molecule has 2 bridgehead atoms. The van der Waals surface area contributed by atoms with E-state index >= 15 is 0 Å². The van der Waals surface area contributed by atoms with Gasteiger partial charge >= 0.3 is 0 Å². The molecule has 0 N–H and O–H groups in total. The average molecular weight is 182 g/mol. The molecule has 0 radical (unpaired) electrons. The monoisotopic (exact) mass is 182 g/mol. The van der Waals surface area contributed by atoms with Gasteiger partial charge < -0.3 is 4.74 Å². The van der Waals surface area contributed by atoms with E-state index in [1.165, 1.54) is 44.9 Å². The number of rotatable bonds is 4. The maximum atomic E-state index is 6.01. The van der Waals surface area contributed by atoms with Crippen LogP contribution in [0.25, 0.3) is 0 Å². The van der Waals surface area contributed by atoms with E-state index in [1.54, 1.807) is 0 Å². The first kappa shape index (κ1) is 9.51. The molecule has 76 valence electrons. The molecule has 0 aromatic heterocycles. The second-order valence-corrected chi connectivity index (χ2v) is 4.72. The van der Waals surface area contributed by atoms with Crippen LogP contribution in [-0.4, -0.2) is 12.7 Å². The van der Waals surface area contributed by atoms with Crippen molar-refractivity contribution < 1.29 is 4.74 Å². The van der Waals surface area contributed by atoms with E-state index in [2.05, 4.69) is 6.92 Å². The predicted molar refractivity (Wildman–Crippen MR) is 54.7 cm³/mol. The van der Waals surface area contributed by atoms with Crippen LogP contribution in [0, 0.1) is 11.8 Å². The molecule has 2 aliphatic carbocycles. The Morgan fingerprint density at radius 3 is 2.38 bits per heavy atom. The van der Waals surface area contributed by atoms with Gasteiger partial charge in [0.25, 0.3) is 0 Å². The summed E-state index contributed by atoms with van der Waals surface area (Å²) in [5.74, 6) is 1.85. The maximum Gasteiger partial charge on any atom is 0.0631 e. The zero-order valence-electron chi connectivity index (χ0n) is 8.80. The van der Waals surface area contributed by atoms with E-state index in [9.17, 15) is 0 Å². The summed E-state index contributed by atoms with van der Waals surface area (Å²) in [5.41, 5.74) is 0. The molecule has 0 aromatic carbocycles. The normalized spacial score (nSPS) is 38.1. The Morgan fingerprint density at radius 2 is 1.77 bits per heavy atom. The Kier molecular flexibility index (Phi) is 3.26. The molecule has 13 heavy (non-hydrogen) atoms. The van der Waals surface area contributed by atoms with E-state index in [0.29, 0.717) is 6.10 Å². The minimum absolute atomic E-state index is 0.653. The van der Waals surface area contributed by atoms with Crippen molar-refractivity contribution in [1.82, 2.24) is 0 Å². The van der Waals surface area contributed by atoms with Crippen LogP contribution < -0.4 is 0 Å². The van der Waals surface area contributed by atoms with Crippen LogP contribution in [0.1, 0.15) is 51.9 Å². The molecule has 1 heteroatoms. The summed E-state index contributed by atoms with van der Waals surface area (Å²) < 4.78 is 6.01. The summed E-state index contributed by atoms with van der Waals surface area (Å²) in [4.78, 5) is 0. The van der Waals surface area contributed by atoms with Crippen molar-refractivity contribution in [3.63, 3.8) is 0 Å². The fraction of sp³-hybridized carbons (Fsp3) is 1.00. The second kappa shape index (κ2) is 4.45. The van der Waals surface area contributed by atoms with Gasteiger partial charge in [-0.15, -0.1) is 0 Å². The lowest BCUT2D eigenvalue weighted by molar-refractivity contribution is -0.0198. The largest absolute Gasteiger partial charge is 0.378 e. The highest BCUT2D eigenvalue weighted by atomic mass is 16.5. The molecule has 2 unspecified atom stereocenters. The van der Waals surface area contributed by atoms with E-state index in [4.69, 9.17) is 4.74 Å². The first-order chi connectivity index (χ1) is 6.42. The van der Waals surface area contributed by atoms with Gasteiger partial charge in [-0.05, 0) is 43.9 Å². The number of unbranched alkanes of at least 4 members (excludes halogenated alkanes) is 1. The zero-order valence-corrected chi connectivity index (χ0v) is 8.80. The summed E-state index contributed by atoms with van der Waals surface area (Å²) in [6.45, 7) is 3.24. The second-order valence-electron chi connectivity index (χ2n) is 4.72. The number of hydrogen-bond donors (Lipinski definition) is 0. The molecule has 2 fully saturated rings. The van der Waals surface area contributed by atoms with Crippen LogP contribution >= 0.6 is 0 Å². The van der Waals surface area contributed by atoms with E-state index in [1.807, 2.05) is 0 Å². The summed E-state index contributed by atoms with van der Waals surface area (Å²) in [6, 6.07) is 0. The van der Waals surface area contributed by atoms with Gasteiger partial charge in [0, 0.05) is 6.61 Å². The van der Waals surface area contributed by atoms with Crippen molar-refractivity contribution in [2.45, 2.75) is 58.0 Å². The number of ether oxygens (including phenoxy) is 1. The van der Waals surface area contributed by atoms with E-state index < -0.39 is 0 Å². The van der Waals surface area contributed by atoms with Crippen LogP contribution in [0.4, 0.5) is 0 Å². The van der Waals surface area contributed by atoms with Crippen LogP contribution in [0.2, 0.25) is 0 Å². The Bertz CT molecular complexity index is 139. The summed E-state index contributed by atoms with van der Waals surface area (Å²) in [7, 11) is 0. The highest BCUT2D eigenvalue weighted by Gasteiger charge is 2.39. The fourth-order valence-corrected chi connectivity index (χ4v) is 3.04. The van der Waals surface area contributed by atoms with Crippen LogP contribution in [-0.2, 0) is 4.74 Å². The van der Waals surface area contributed by atoms with Crippen molar-refractivity contribution in [3.8, 4) is 0 Å². The SMILES string of the molecule is CCCCOC1C2CCCC1CC2. The maximum absolute atomic E-state index is 6.01. The Labute approximate surface area is 81.9 Å². The van der Waals surface area contributed by atoms with Gasteiger partial charge in [0.15, 0.2) is 0 Å². The van der Waals surface area contributed by atoms with Crippen LogP contribution in [0.5, 0.6) is 0 Å². The van der Waals surface area contributed by atoms with Crippen molar-refractivity contribution in [3.05, 3.63) is 0 Å². The molecular weight excluding hydrogens is 160 g/mol. The molecule has 0 aromatic rings. The summed E-state index contributed by atoms with van der Waals surface area (Å²) >= 11 is 0. The van der Waals surface area contributed by atoms with Gasteiger partial charge in [0.2, 0.25) is 0 Å². The lowest BCUT2D eigenvalue weighted by atomic mass is 9.86. The number of hydrogen-bond acceptors (Lipinski definition) is 1. The lowest BCUT2D eigenvalue weighted by Gasteiger charge is -2.29. The first-order valence-electron chi connectivity index (χ1n) is 6.03. The molecular formula is C12H22O. The highest BCUT2D eigenvalue weighted by molar-refractivity contribution is 4.89. The molecule has 2 aliphatic rings. The third-order valence-electron chi connectivity index (χ3n) is 3.80. The smallest absolute Gasteiger partial charge is 0.0631 e. The molecule has 1 nitrogen and oxygen atoms in total. The minimum atomic E-state index is 0.653. The van der Waals surface area contributed by atoms with Gasteiger partial charge in [-0.3, -0.25) is 0 Å². The molecule has 0 spiro atoms. The van der Waals surface area contributed by atoms with Crippen molar-refractivity contribution >= 4 is 0 Å². The minimum Gasteiger partial charge on any atom is -0.378 e. The van der Waals surface area contributed by atoms with E-state index in [0.717, 1.165) is 18.4 Å². The third-order valence-corrected chi connectivity index (χ3v) is 3.80. The molecule has 2 saturated carbocycles. The number of fused-ring (bicyclic) bond motifs is 2. The standard InChI is InChI=1S/C12H22O/c1-2-3-9-13-12-10-5-4-6-11(12)8-7-10/h10-12H,2-9H2,1H3. The quantitative estimate of drug-likeness (QED) is 0.606. The molecule has 0 aliphatic heterocycles. The Morgan fingerprint density at radius 1 is 1.08 bits per heavy atom. The van der Waals surface area contributed by atoms with Gasteiger partial charge in [-0.1, -0.05) is 19.8 Å². The van der Waals surface area contributed by atoms with E-state index in [-0.39, 0.29) is 0 Å². The Hall–Kier alpha value is -0.0400. The van der Waals surface area contributed by atoms with Crippen molar-refractivity contribution in [2.75, 3.05) is 6.61 Å². The van der Waals surface area contributed by atoms with Crippen molar-refractivity contribution in [2.24, 2.45) is 11.8 Å². The summed E-state index contributed by atoms with van der Waals surface area (Å²) in [6.07, 6.45) is 10.4. The molecule has 0 heterocycles. The van der Waals surface area contributed by atoms with Crippen molar-refractivity contribution in [1.29, 1.82) is 0 Å². The van der Waals surface area contributed by atoms with Gasteiger partial charge in [0.05, 0.1) is 6.10 Å². The highest BCUT2D eigenvalue weighted by Crippen LogP contribution is 2.43. The van der Waals surface area contributed by atoms with Gasteiger partial charge in [-0.25, -0.2) is 0 Å². The molecule has 2 atom stereocenters. The Balaban J connectivity index is 1.78. The lowest BCUT2D eigenvalue weighted by Crippen LogP contribution is -2.29. The molecule has 2 rings (SSSR count). The van der Waals surface area contributed by atoms with Crippen LogP contribution in [0.15, 0.2) is 0 Å². The first-order valence-corrected chi connectivity index (χ1v) is 6.03.